The molecule has 0 aliphatic carbocycles. The van der Waals surface area contributed by atoms with Crippen molar-refractivity contribution >= 4 is 17.3 Å². The monoisotopic (exact) mass is 275 g/mol. The zero-order chi connectivity index (χ0) is 13.8. The molecular formula is C14H13NO3S. The molecule has 2 aromatic rings. The number of rotatable bonds is 5. The Morgan fingerprint density at radius 2 is 2.11 bits per heavy atom. The SMILES string of the molecule is C=C(C)COc1ccc(-c2csc(C(=O)O)n2)cc1. The van der Waals surface area contributed by atoms with Gasteiger partial charge in [-0.25, -0.2) is 9.78 Å². The number of benzene rings is 1. The van der Waals surface area contributed by atoms with Crippen LogP contribution in [0.4, 0.5) is 0 Å². The van der Waals surface area contributed by atoms with Gasteiger partial charge in [-0.2, -0.15) is 0 Å². The lowest BCUT2D eigenvalue weighted by atomic mass is 10.2. The lowest BCUT2D eigenvalue weighted by molar-refractivity contribution is 0.0696. The number of aromatic nitrogens is 1. The maximum atomic E-state index is 10.8. The highest BCUT2D eigenvalue weighted by molar-refractivity contribution is 7.11. The molecule has 0 atom stereocenters. The third kappa shape index (κ3) is 3.42. The van der Waals surface area contributed by atoms with Gasteiger partial charge in [-0.15, -0.1) is 11.3 Å². The highest BCUT2D eigenvalue weighted by atomic mass is 32.1. The number of carbonyl (C=O) groups is 1. The van der Waals surface area contributed by atoms with Crippen LogP contribution < -0.4 is 4.74 Å². The van der Waals surface area contributed by atoms with Crippen molar-refractivity contribution in [3.05, 3.63) is 46.8 Å². The van der Waals surface area contributed by atoms with Gasteiger partial charge in [0.15, 0.2) is 0 Å². The molecule has 5 heteroatoms. The van der Waals surface area contributed by atoms with E-state index in [1.54, 1.807) is 5.38 Å². The molecule has 1 N–H and O–H groups in total. The smallest absolute Gasteiger partial charge is 0.365 e. The molecular weight excluding hydrogens is 262 g/mol. The average molecular weight is 275 g/mol. The van der Waals surface area contributed by atoms with Crippen LogP contribution in [0.5, 0.6) is 5.75 Å². The van der Waals surface area contributed by atoms with Gasteiger partial charge in [-0.05, 0) is 36.8 Å². The Bertz CT molecular complexity index is 601. The number of hydrogen-bond acceptors (Lipinski definition) is 4. The first kappa shape index (κ1) is 13.3. The Morgan fingerprint density at radius 3 is 2.63 bits per heavy atom. The highest BCUT2D eigenvalue weighted by Crippen LogP contribution is 2.24. The Labute approximate surface area is 115 Å². The second-order valence-corrected chi connectivity index (χ2v) is 4.97. The molecule has 0 saturated carbocycles. The van der Waals surface area contributed by atoms with E-state index in [4.69, 9.17) is 9.84 Å². The molecule has 0 bridgehead atoms. The first-order valence-corrected chi connectivity index (χ1v) is 6.50. The van der Waals surface area contributed by atoms with E-state index < -0.39 is 5.97 Å². The van der Waals surface area contributed by atoms with Crippen LogP contribution in [0.3, 0.4) is 0 Å². The summed E-state index contributed by atoms with van der Waals surface area (Å²) in [5, 5.41) is 10.7. The van der Waals surface area contributed by atoms with Crippen LogP contribution in [-0.4, -0.2) is 22.7 Å². The van der Waals surface area contributed by atoms with Crippen LogP contribution in [0.2, 0.25) is 0 Å². The van der Waals surface area contributed by atoms with Crippen molar-refractivity contribution in [1.82, 2.24) is 4.98 Å². The number of carboxylic acid groups (broad SMARTS) is 1. The van der Waals surface area contributed by atoms with Crippen molar-refractivity contribution in [1.29, 1.82) is 0 Å². The van der Waals surface area contributed by atoms with Crippen molar-refractivity contribution in [3.8, 4) is 17.0 Å². The van der Waals surface area contributed by atoms with Gasteiger partial charge in [0.1, 0.15) is 12.4 Å². The molecule has 0 unspecified atom stereocenters. The van der Waals surface area contributed by atoms with E-state index in [9.17, 15) is 4.79 Å². The molecule has 4 nitrogen and oxygen atoms in total. The number of aromatic carboxylic acids is 1. The molecule has 0 spiro atoms. The molecule has 1 aromatic heterocycles. The minimum absolute atomic E-state index is 0.0950. The number of nitrogens with zero attached hydrogens (tertiary/aromatic N) is 1. The third-order valence-electron chi connectivity index (χ3n) is 2.32. The van der Waals surface area contributed by atoms with Gasteiger partial charge in [0.25, 0.3) is 0 Å². The molecule has 1 aromatic carbocycles. The van der Waals surface area contributed by atoms with Gasteiger partial charge in [0.05, 0.1) is 5.69 Å². The van der Waals surface area contributed by atoms with Crippen molar-refractivity contribution in [2.75, 3.05) is 6.61 Å². The zero-order valence-electron chi connectivity index (χ0n) is 10.4. The lowest BCUT2D eigenvalue weighted by Gasteiger charge is -2.05. The largest absolute Gasteiger partial charge is 0.489 e. The fourth-order valence-corrected chi connectivity index (χ4v) is 2.10. The Kier molecular flexibility index (Phi) is 3.97. The van der Waals surface area contributed by atoms with Crippen LogP contribution >= 0.6 is 11.3 Å². The summed E-state index contributed by atoms with van der Waals surface area (Å²) < 4.78 is 5.49. The highest BCUT2D eigenvalue weighted by Gasteiger charge is 2.10. The van der Waals surface area contributed by atoms with Gasteiger partial charge in [-0.3, -0.25) is 0 Å². The quantitative estimate of drug-likeness (QED) is 0.849. The molecule has 0 fully saturated rings. The minimum Gasteiger partial charge on any atom is -0.489 e. The molecule has 2 rings (SSSR count). The second kappa shape index (κ2) is 5.67. The number of hydrogen-bond donors (Lipinski definition) is 1. The van der Waals surface area contributed by atoms with E-state index >= 15 is 0 Å². The summed E-state index contributed by atoms with van der Waals surface area (Å²) in [5.41, 5.74) is 2.48. The minimum atomic E-state index is -1.00. The fourth-order valence-electron chi connectivity index (χ4n) is 1.43. The van der Waals surface area contributed by atoms with Gasteiger partial charge >= 0.3 is 5.97 Å². The summed E-state index contributed by atoms with van der Waals surface area (Å²) in [6.45, 7) is 6.15. The molecule has 0 aliphatic rings. The predicted molar refractivity (Wildman–Crippen MR) is 74.8 cm³/mol. The van der Waals surface area contributed by atoms with Crippen LogP contribution in [0, 0.1) is 0 Å². The molecule has 0 saturated heterocycles. The van der Waals surface area contributed by atoms with Crippen LogP contribution in [0.15, 0.2) is 41.8 Å². The summed E-state index contributed by atoms with van der Waals surface area (Å²) >= 11 is 1.12. The molecule has 0 aliphatic heterocycles. The molecule has 0 radical (unpaired) electrons. The summed E-state index contributed by atoms with van der Waals surface area (Å²) in [6, 6.07) is 7.37. The van der Waals surface area contributed by atoms with E-state index in [2.05, 4.69) is 11.6 Å². The third-order valence-corrected chi connectivity index (χ3v) is 3.15. The first-order chi connectivity index (χ1) is 9.06. The summed E-state index contributed by atoms with van der Waals surface area (Å²) in [6.07, 6.45) is 0. The van der Waals surface area contributed by atoms with Crippen molar-refractivity contribution in [3.63, 3.8) is 0 Å². The predicted octanol–water partition coefficient (Wildman–Crippen LogP) is 3.46. The van der Waals surface area contributed by atoms with Crippen LogP contribution in [0.25, 0.3) is 11.3 Å². The maximum absolute atomic E-state index is 10.8. The maximum Gasteiger partial charge on any atom is 0.365 e. The zero-order valence-corrected chi connectivity index (χ0v) is 11.2. The Morgan fingerprint density at radius 1 is 1.42 bits per heavy atom. The Hall–Kier alpha value is -2.14. The number of ether oxygens (including phenoxy) is 1. The van der Waals surface area contributed by atoms with Crippen molar-refractivity contribution in [2.45, 2.75) is 6.92 Å². The molecule has 0 amide bonds. The van der Waals surface area contributed by atoms with E-state index in [0.29, 0.717) is 12.3 Å². The van der Waals surface area contributed by atoms with E-state index in [0.717, 1.165) is 28.2 Å². The summed E-state index contributed by atoms with van der Waals surface area (Å²) in [4.78, 5) is 14.8. The number of carboxylic acids is 1. The molecule has 19 heavy (non-hydrogen) atoms. The Balaban J connectivity index is 2.12. The van der Waals surface area contributed by atoms with Gasteiger partial charge in [-0.1, -0.05) is 6.58 Å². The molecule has 1 heterocycles. The molecule has 98 valence electrons. The topological polar surface area (TPSA) is 59.4 Å². The lowest BCUT2D eigenvalue weighted by Crippen LogP contribution is -1.97. The normalized spacial score (nSPS) is 10.2. The van der Waals surface area contributed by atoms with E-state index in [1.165, 1.54) is 0 Å². The summed E-state index contributed by atoms with van der Waals surface area (Å²) in [7, 11) is 0. The van der Waals surface area contributed by atoms with Crippen LogP contribution in [-0.2, 0) is 0 Å². The summed E-state index contributed by atoms with van der Waals surface area (Å²) in [5.74, 6) is -0.252. The fraction of sp³-hybridized carbons (Fsp3) is 0.143. The van der Waals surface area contributed by atoms with Crippen LogP contribution in [0.1, 0.15) is 16.7 Å². The van der Waals surface area contributed by atoms with Gasteiger partial charge < -0.3 is 9.84 Å². The standard InChI is InChI=1S/C14H13NO3S/c1-9(2)7-18-11-5-3-10(4-6-11)12-8-19-13(15-12)14(16)17/h3-6,8H,1,7H2,2H3,(H,16,17). The van der Waals surface area contributed by atoms with Gasteiger partial charge in [0.2, 0.25) is 5.01 Å². The average Bonchev–Trinajstić information content (AvgIpc) is 2.86. The van der Waals surface area contributed by atoms with E-state index in [-0.39, 0.29) is 5.01 Å². The first-order valence-electron chi connectivity index (χ1n) is 5.62. The van der Waals surface area contributed by atoms with Gasteiger partial charge in [0, 0.05) is 10.9 Å². The number of thiazole rings is 1. The van der Waals surface area contributed by atoms with Crippen molar-refractivity contribution < 1.29 is 14.6 Å². The second-order valence-electron chi connectivity index (χ2n) is 4.11. The van der Waals surface area contributed by atoms with Crippen molar-refractivity contribution in [2.24, 2.45) is 0 Å². The van der Waals surface area contributed by atoms with E-state index in [1.807, 2.05) is 31.2 Å².